The van der Waals surface area contributed by atoms with Gasteiger partial charge in [-0.2, -0.15) is 21.6 Å². The molecule has 1 fully saturated rings. The summed E-state index contributed by atoms with van der Waals surface area (Å²) < 4.78 is 72.7. The molecular weight excluding hydrogens is 481 g/mol. The summed E-state index contributed by atoms with van der Waals surface area (Å²) in [6.07, 6.45) is -3.28. The highest BCUT2D eigenvalue weighted by molar-refractivity contribution is 7.85. The minimum Gasteiger partial charge on any atom is -0.370 e. The SMILES string of the molecule is N=C(N)N(CS(=O)(=O)O)C(=O)c1ccc(N2CCN(C(=O)c3ccc[nH]3)CC2)c(C(F)(F)F)c1. The number of guanidine groups is 1. The lowest BCUT2D eigenvalue weighted by Crippen LogP contribution is -2.49. The highest BCUT2D eigenvalue weighted by Gasteiger charge is 2.37. The third-order valence-electron chi connectivity index (χ3n) is 5.11. The molecule has 1 saturated heterocycles. The third-order valence-corrected chi connectivity index (χ3v) is 5.70. The highest BCUT2D eigenvalue weighted by atomic mass is 32.2. The van der Waals surface area contributed by atoms with Crippen LogP contribution in [0.5, 0.6) is 0 Å². The molecule has 34 heavy (non-hydrogen) atoms. The van der Waals surface area contributed by atoms with Gasteiger partial charge in [0.1, 0.15) is 5.69 Å². The van der Waals surface area contributed by atoms with E-state index in [1.54, 1.807) is 18.3 Å². The molecule has 11 nitrogen and oxygen atoms in total. The van der Waals surface area contributed by atoms with Crippen LogP contribution in [0.25, 0.3) is 0 Å². The van der Waals surface area contributed by atoms with Crippen molar-refractivity contribution in [2.24, 2.45) is 5.73 Å². The van der Waals surface area contributed by atoms with Crippen molar-refractivity contribution in [1.82, 2.24) is 14.8 Å². The first kappa shape index (κ1) is 25.0. The van der Waals surface area contributed by atoms with Crippen LogP contribution < -0.4 is 10.6 Å². The zero-order chi connectivity index (χ0) is 25.3. The Balaban J connectivity index is 1.85. The fourth-order valence-electron chi connectivity index (χ4n) is 3.51. The molecule has 0 radical (unpaired) electrons. The van der Waals surface area contributed by atoms with Crippen LogP contribution in [0.1, 0.15) is 26.4 Å². The molecule has 1 aromatic carbocycles. The molecule has 2 aromatic rings. The molecule has 0 aliphatic carbocycles. The van der Waals surface area contributed by atoms with Gasteiger partial charge in [-0.05, 0) is 30.3 Å². The van der Waals surface area contributed by atoms with E-state index < -0.39 is 45.2 Å². The maximum absolute atomic E-state index is 13.8. The number of H-pyrrole nitrogens is 1. The molecule has 0 unspecified atom stereocenters. The number of hydrogen-bond donors (Lipinski definition) is 4. The van der Waals surface area contributed by atoms with Crippen molar-refractivity contribution in [3.8, 4) is 0 Å². The number of aromatic amines is 1. The van der Waals surface area contributed by atoms with Crippen LogP contribution in [0.4, 0.5) is 18.9 Å². The van der Waals surface area contributed by atoms with E-state index in [-0.39, 0.29) is 42.7 Å². The Morgan fingerprint density at radius 3 is 2.32 bits per heavy atom. The maximum atomic E-state index is 13.8. The van der Waals surface area contributed by atoms with Crippen LogP contribution in [0.2, 0.25) is 0 Å². The maximum Gasteiger partial charge on any atom is 0.418 e. The van der Waals surface area contributed by atoms with Crippen LogP contribution in [0, 0.1) is 5.41 Å². The molecule has 1 aromatic heterocycles. The smallest absolute Gasteiger partial charge is 0.370 e. The van der Waals surface area contributed by atoms with Gasteiger partial charge in [0.2, 0.25) is 0 Å². The number of anilines is 1. The molecule has 15 heteroatoms. The minimum atomic E-state index is -4.87. The topological polar surface area (TPSA) is 164 Å². The first-order valence-corrected chi connectivity index (χ1v) is 11.4. The number of nitrogens with zero attached hydrogens (tertiary/aromatic N) is 3. The normalized spacial score (nSPS) is 14.7. The van der Waals surface area contributed by atoms with Crippen LogP contribution in [-0.4, -0.2) is 77.6 Å². The van der Waals surface area contributed by atoms with Crippen LogP contribution >= 0.6 is 0 Å². The number of aromatic nitrogens is 1. The highest BCUT2D eigenvalue weighted by Crippen LogP contribution is 2.38. The zero-order valence-corrected chi connectivity index (χ0v) is 18.4. The monoisotopic (exact) mass is 502 g/mol. The van der Waals surface area contributed by atoms with Crippen LogP contribution in [0.15, 0.2) is 36.5 Å². The summed E-state index contributed by atoms with van der Waals surface area (Å²) in [5.41, 5.74) is 3.59. The van der Waals surface area contributed by atoms with Crippen molar-refractivity contribution < 1.29 is 35.7 Å². The molecule has 3 rings (SSSR count). The van der Waals surface area contributed by atoms with E-state index in [0.29, 0.717) is 11.8 Å². The number of nitrogens with two attached hydrogens (primary N) is 1. The fourth-order valence-corrected chi connectivity index (χ4v) is 4.10. The Labute approximate surface area is 192 Å². The van der Waals surface area contributed by atoms with Gasteiger partial charge in [0.25, 0.3) is 21.9 Å². The molecule has 1 aliphatic rings. The van der Waals surface area contributed by atoms with Gasteiger partial charge in [-0.3, -0.25) is 24.5 Å². The number of carbonyl (C=O) groups excluding carboxylic acids is 2. The molecule has 0 saturated carbocycles. The zero-order valence-electron chi connectivity index (χ0n) is 17.5. The van der Waals surface area contributed by atoms with Gasteiger partial charge >= 0.3 is 6.18 Å². The van der Waals surface area contributed by atoms with Crippen LogP contribution in [-0.2, 0) is 16.3 Å². The molecule has 5 N–H and O–H groups in total. The lowest BCUT2D eigenvalue weighted by atomic mass is 10.1. The van der Waals surface area contributed by atoms with E-state index in [9.17, 15) is 31.2 Å². The Kier molecular flexibility index (Phi) is 6.88. The lowest BCUT2D eigenvalue weighted by Gasteiger charge is -2.37. The predicted molar refractivity (Wildman–Crippen MR) is 115 cm³/mol. The van der Waals surface area contributed by atoms with Crippen LogP contribution in [0.3, 0.4) is 0 Å². The molecular formula is C19H21F3N6O5S. The molecule has 0 spiro atoms. The van der Waals surface area contributed by atoms with Gasteiger partial charge < -0.3 is 20.5 Å². The number of carbonyl (C=O) groups is 2. The average molecular weight is 502 g/mol. The molecule has 2 amide bonds. The van der Waals surface area contributed by atoms with Crippen molar-refractivity contribution in [2.45, 2.75) is 6.18 Å². The lowest BCUT2D eigenvalue weighted by molar-refractivity contribution is -0.137. The quantitative estimate of drug-likeness (QED) is 0.271. The summed E-state index contributed by atoms with van der Waals surface area (Å²) in [7, 11) is -4.79. The second-order valence-corrected chi connectivity index (χ2v) is 8.84. The summed E-state index contributed by atoms with van der Waals surface area (Å²) in [5, 5.41) is 7.34. The summed E-state index contributed by atoms with van der Waals surface area (Å²) >= 11 is 0. The number of hydrogen-bond acceptors (Lipinski definition) is 6. The van der Waals surface area contributed by atoms with Gasteiger partial charge in [-0.25, -0.2) is 0 Å². The first-order chi connectivity index (χ1) is 15.8. The first-order valence-electron chi connectivity index (χ1n) is 9.78. The van der Waals surface area contributed by atoms with E-state index in [0.717, 1.165) is 12.1 Å². The van der Waals surface area contributed by atoms with Gasteiger partial charge in [0.15, 0.2) is 11.8 Å². The van der Waals surface area contributed by atoms with E-state index in [2.05, 4.69) is 4.98 Å². The number of piperazine rings is 1. The number of rotatable bonds is 5. The van der Waals surface area contributed by atoms with Crippen molar-refractivity contribution in [3.05, 3.63) is 53.3 Å². The number of benzene rings is 1. The molecule has 184 valence electrons. The molecule has 1 aliphatic heterocycles. The van der Waals surface area contributed by atoms with Crippen molar-refractivity contribution in [3.63, 3.8) is 0 Å². The fraction of sp³-hybridized carbons (Fsp3) is 0.316. The van der Waals surface area contributed by atoms with E-state index in [1.165, 1.54) is 9.80 Å². The Bertz CT molecular complexity index is 1190. The summed E-state index contributed by atoms with van der Waals surface area (Å²) in [4.78, 5) is 30.9. The second kappa shape index (κ2) is 9.34. The summed E-state index contributed by atoms with van der Waals surface area (Å²) in [6, 6.07) is 5.89. The van der Waals surface area contributed by atoms with Gasteiger partial charge in [-0.1, -0.05) is 0 Å². The molecule has 0 bridgehead atoms. The van der Waals surface area contributed by atoms with E-state index in [1.807, 2.05) is 0 Å². The number of nitrogens with one attached hydrogen (secondary N) is 2. The number of halogens is 3. The largest absolute Gasteiger partial charge is 0.418 e. The van der Waals surface area contributed by atoms with Gasteiger partial charge in [0.05, 0.1) is 5.56 Å². The number of amides is 2. The minimum absolute atomic E-state index is 0.102. The van der Waals surface area contributed by atoms with E-state index in [4.69, 9.17) is 15.7 Å². The third kappa shape index (κ3) is 5.66. The standard InChI is InChI=1S/C19H21F3N6O5S/c20-19(21,22)13-10-12(16(29)28(18(23)24)11-34(31,32)33)3-4-15(13)26-6-8-27(9-7-26)17(30)14-2-1-5-25-14/h1-5,10,25H,6-9,11H2,(H3,23,24)(H,31,32,33). The van der Waals surface area contributed by atoms with Crippen molar-refractivity contribution >= 4 is 33.6 Å². The van der Waals surface area contributed by atoms with Gasteiger partial charge in [-0.15, -0.1) is 0 Å². The van der Waals surface area contributed by atoms with E-state index >= 15 is 0 Å². The average Bonchev–Trinajstić information content (AvgIpc) is 3.30. The Morgan fingerprint density at radius 1 is 1.18 bits per heavy atom. The Hall–Kier alpha value is -3.59. The molecule has 2 heterocycles. The molecule has 0 atom stereocenters. The van der Waals surface area contributed by atoms with Crippen molar-refractivity contribution in [1.29, 1.82) is 5.41 Å². The summed E-state index contributed by atoms with van der Waals surface area (Å²) in [5.74, 6) is -4.03. The van der Waals surface area contributed by atoms with Crippen molar-refractivity contribution in [2.75, 3.05) is 37.0 Å². The second-order valence-electron chi connectivity index (χ2n) is 7.42. The predicted octanol–water partition coefficient (Wildman–Crippen LogP) is 1.18. The Morgan fingerprint density at radius 2 is 1.82 bits per heavy atom. The summed E-state index contributed by atoms with van der Waals surface area (Å²) in [6.45, 7) is 0.543. The number of alkyl halides is 3. The van der Waals surface area contributed by atoms with Gasteiger partial charge in [0, 0.05) is 43.6 Å².